The molecular weight excluding hydrogens is 614 g/mol. The van der Waals surface area contributed by atoms with Crippen LogP contribution in [0, 0.1) is 17.8 Å². The van der Waals surface area contributed by atoms with E-state index in [2.05, 4.69) is 26.6 Å². The molecule has 0 rings (SSSR count). The predicted molar refractivity (Wildman–Crippen MR) is 181 cm³/mol. The van der Waals surface area contributed by atoms with Crippen molar-refractivity contribution in [3.8, 4) is 0 Å². The molecule has 5 atom stereocenters. The quantitative estimate of drug-likeness (QED) is 0.0892. The van der Waals surface area contributed by atoms with Gasteiger partial charge in [0.15, 0.2) is 0 Å². The fraction of sp³-hybridized carbons (Fsp3) is 0.844. The Balaban J connectivity index is 5.68. The molecule has 0 aromatic rings. The summed E-state index contributed by atoms with van der Waals surface area (Å²) in [6.45, 7) is 16.5. The van der Waals surface area contributed by atoms with Gasteiger partial charge in [0.2, 0.25) is 23.6 Å². The summed E-state index contributed by atoms with van der Waals surface area (Å²) in [7, 11) is 0. The third kappa shape index (κ3) is 18.5. The monoisotopic (exact) mass is 675 g/mol. The van der Waals surface area contributed by atoms with Gasteiger partial charge in [-0.15, -0.1) is 0 Å². The van der Waals surface area contributed by atoms with Gasteiger partial charge in [-0.05, 0) is 76.2 Å². The Morgan fingerprint density at radius 3 is 1.89 bits per heavy atom. The van der Waals surface area contributed by atoms with Crippen LogP contribution in [-0.4, -0.2) is 101 Å². The van der Waals surface area contributed by atoms with E-state index in [1.54, 1.807) is 48.5 Å². The molecule has 13 nitrogen and oxygen atoms in total. The van der Waals surface area contributed by atoms with Crippen molar-refractivity contribution in [3.05, 3.63) is 0 Å². The topological polar surface area (TPSA) is 195 Å². The van der Waals surface area contributed by atoms with E-state index in [0.29, 0.717) is 38.0 Å². The average molecular weight is 676 g/mol. The van der Waals surface area contributed by atoms with Gasteiger partial charge in [0.25, 0.3) is 0 Å². The van der Waals surface area contributed by atoms with Gasteiger partial charge in [0.05, 0.1) is 18.6 Å². The van der Waals surface area contributed by atoms with Crippen LogP contribution < -0.4 is 26.6 Å². The van der Waals surface area contributed by atoms with Gasteiger partial charge >= 0.3 is 6.09 Å². The van der Waals surface area contributed by atoms with Crippen LogP contribution in [0.4, 0.5) is 4.79 Å². The number of hydrogen-bond donors (Lipinski definition) is 7. The lowest BCUT2D eigenvalue weighted by molar-refractivity contribution is -0.133. The molecule has 0 aromatic carbocycles. The molecule has 0 bridgehead atoms. The first-order valence-electron chi connectivity index (χ1n) is 16.3. The van der Waals surface area contributed by atoms with Crippen molar-refractivity contribution in [2.75, 3.05) is 25.2 Å². The average Bonchev–Trinajstić information content (AvgIpc) is 2.92. The molecule has 0 aliphatic carbocycles. The van der Waals surface area contributed by atoms with Gasteiger partial charge in [-0.25, -0.2) is 4.79 Å². The summed E-state index contributed by atoms with van der Waals surface area (Å²) in [6, 6.07) is -3.54. The fourth-order valence-electron chi connectivity index (χ4n) is 4.50. The van der Waals surface area contributed by atoms with Crippen LogP contribution >= 0.6 is 11.8 Å². The number of ether oxygens (including phenoxy) is 1. The van der Waals surface area contributed by atoms with Crippen LogP contribution in [0.1, 0.15) is 94.4 Å². The third-order valence-electron chi connectivity index (χ3n) is 6.93. The van der Waals surface area contributed by atoms with Crippen molar-refractivity contribution in [3.63, 3.8) is 0 Å². The van der Waals surface area contributed by atoms with Crippen molar-refractivity contribution in [2.45, 2.75) is 130 Å². The summed E-state index contributed by atoms with van der Waals surface area (Å²) < 4.78 is 5.31. The summed E-state index contributed by atoms with van der Waals surface area (Å²) in [5.74, 6) is -1.86. The lowest BCUT2D eigenvalue weighted by Crippen LogP contribution is -2.58. The van der Waals surface area contributed by atoms with E-state index < -0.39 is 59.7 Å². The Hall–Kier alpha value is -2.58. The minimum Gasteiger partial charge on any atom is -0.444 e. The highest BCUT2D eigenvalue weighted by Crippen LogP contribution is 2.14. The molecule has 0 aliphatic heterocycles. The zero-order chi connectivity index (χ0) is 35.6. The molecule has 46 heavy (non-hydrogen) atoms. The van der Waals surface area contributed by atoms with E-state index in [0.717, 1.165) is 0 Å². The molecule has 0 heterocycles. The summed E-state index contributed by atoms with van der Waals surface area (Å²) in [6.07, 6.45) is 1.33. The molecule has 0 aromatic heterocycles. The highest BCUT2D eigenvalue weighted by atomic mass is 32.2. The molecule has 7 N–H and O–H groups in total. The van der Waals surface area contributed by atoms with Crippen LogP contribution in [0.15, 0.2) is 0 Å². The van der Waals surface area contributed by atoms with Crippen LogP contribution in [0.25, 0.3) is 0 Å². The van der Waals surface area contributed by atoms with E-state index in [-0.39, 0.29) is 36.7 Å². The summed E-state index contributed by atoms with van der Waals surface area (Å²) in [4.78, 5) is 64.9. The molecule has 5 amide bonds. The van der Waals surface area contributed by atoms with Gasteiger partial charge in [-0.2, -0.15) is 11.8 Å². The Bertz CT molecular complexity index is 957. The van der Waals surface area contributed by atoms with E-state index in [1.165, 1.54) is 11.8 Å². The predicted octanol–water partition coefficient (Wildman–Crippen LogP) is 2.09. The lowest BCUT2D eigenvalue weighted by Gasteiger charge is -2.30. The van der Waals surface area contributed by atoms with E-state index >= 15 is 0 Å². The number of rotatable bonds is 21. The first-order valence-corrected chi connectivity index (χ1v) is 17.7. The van der Waals surface area contributed by atoms with Crippen LogP contribution in [-0.2, 0) is 23.9 Å². The van der Waals surface area contributed by atoms with Gasteiger partial charge in [0, 0.05) is 13.2 Å². The first kappa shape index (κ1) is 43.4. The second-order valence-corrected chi connectivity index (χ2v) is 14.7. The van der Waals surface area contributed by atoms with Crippen molar-refractivity contribution < 1.29 is 38.9 Å². The largest absolute Gasteiger partial charge is 0.444 e. The summed E-state index contributed by atoms with van der Waals surface area (Å²) in [5.41, 5.74) is -0.755. The number of aliphatic hydroxyl groups is 2. The van der Waals surface area contributed by atoms with Crippen LogP contribution in [0.3, 0.4) is 0 Å². The number of carbonyl (C=O) groups is 5. The lowest BCUT2D eigenvalue weighted by atomic mass is 9.96. The minimum absolute atomic E-state index is 0.0284. The molecule has 0 spiro atoms. The molecule has 268 valence electrons. The highest BCUT2D eigenvalue weighted by molar-refractivity contribution is 7.98. The minimum atomic E-state index is -1.26. The van der Waals surface area contributed by atoms with Crippen molar-refractivity contribution in [1.29, 1.82) is 0 Å². The maximum absolute atomic E-state index is 13.5. The number of nitrogens with one attached hydrogen (secondary N) is 5. The summed E-state index contributed by atoms with van der Waals surface area (Å²) >= 11 is 1.50. The third-order valence-corrected chi connectivity index (χ3v) is 7.57. The van der Waals surface area contributed by atoms with E-state index in [9.17, 15) is 29.1 Å². The zero-order valence-electron chi connectivity index (χ0n) is 29.5. The molecule has 14 heteroatoms. The summed E-state index contributed by atoms with van der Waals surface area (Å²) in [5, 5.41) is 33.7. The van der Waals surface area contributed by atoms with E-state index in [1.807, 2.05) is 20.1 Å². The van der Waals surface area contributed by atoms with Gasteiger partial charge in [-0.3, -0.25) is 19.2 Å². The maximum atomic E-state index is 13.5. The smallest absolute Gasteiger partial charge is 0.408 e. The molecule has 0 fully saturated rings. The maximum Gasteiger partial charge on any atom is 0.408 e. The Labute approximate surface area is 279 Å². The normalized spacial score (nSPS) is 15.0. The second kappa shape index (κ2) is 22.1. The van der Waals surface area contributed by atoms with Crippen molar-refractivity contribution >= 4 is 41.5 Å². The molecule has 0 radical (unpaired) electrons. The Morgan fingerprint density at radius 2 is 1.39 bits per heavy atom. The van der Waals surface area contributed by atoms with Gasteiger partial charge in [-0.1, -0.05) is 41.5 Å². The SMILES string of the molecule is CSCCC(NC(=O)C(NC(=O)OC(C)(C)C)C(C)C)C(=O)NC(CC(C)C)C(O)CC(=O)NC(C(=O)NCCCCO)C(C)C. The highest BCUT2D eigenvalue weighted by Gasteiger charge is 2.33. The number of thioether (sulfide) groups is 1. The van der Waals surface area contributed by atoms with Gasteiger partial charge in [0.1, 0.15) is 23.7 Å². The Morgan fingerprint density at radius 1 is 0.804 bits per heavy atom. The number of aliphatic hydroxyl groups excluding tert-OH is 2. The number of alkyl carbamates (subject to hydrolysis) is 1. The second-order valence-electron chi connectivity index (χ2n) is 13.7. The zero-order valence-corrected chi connectivity index (χ0v) is 30.3. The van der Waals surface area contributed by atoms with Crippen molar-refractivity contribution in [1.82, 2.24) is 26.6 Å². The number of amides is 5. The Kier molecular flexibility index (Phi) is 20.8. The fourth-order valence-corrected chi connectivity index (χ4v) is 4.97. The molecule has 5 unspecified atom stereocenters. The molecule has 0 saturated heterocycles. The number of hydrogen-bond acceptors (Lipinski definition) is 9. The van der Waals surface area contributed by atoms with E-state index in [4.69, 9.17) is 9.84 Å². The number of unbranched alkanes of at least 4 members (excludes halogenated alkanes) is 1. The van der Waals surface area contributed by atoms with Crippen molar-refractivity contribution in [2.24, 2.45) is 17.8 Å². The standard InChI is InChI=1S/C32H61N5O8S/c1-19(2)17-23(24(39)18-25(40)36-26(20(3)4)29(42)33-14-11-12-15-38)35-28(41)22(13-16-46-10)34-30(43)27(21(5)6)37-31(44)45-32(7,8)9/h19-24,26-27,38-39H,11-18H2,1-10H3,(H,33,42)(H,34,43)(H,35,41)(H,36,40)(H,37,44). The van der Waals surface area contributed by atoms with Crippen LogP contribution in [0.2, 0.25) is 0 Å². The molecular formula is C32H61N5O8S. The first-order chi connectivity index (χ1) is 21.3. The van der Waals surface area contributed by atoms with Crippen LogP contribution in [0.5, 0.6) is 0 Å². The molecule has 0 aliphatic rings. The number of carbonyl (C=O) groups excluding carboxylic acids is 5. The van der Waals surface area contributed by atoms with Gasteiger partial charge < -0.3 is 41.5 Å². The molecule has 0 saturated carbocycles.